The molecule has 1 heterocycles. The minimum Gasteiger partial charge on any atom is -0.303 e. The first kappa shape index (κ1) is 11.5. The lowest BCUT2D eigenvalue weighted by Crippen LogP contribution is -2.03. The molecule has 2 aromatic rings. The van der Waals surface area contributed by atoms with Crippen molar-refractivity contribution in [2.45, 2.75) is 19.8 Å². The Hall–Kier alpha value is -1.97. The summed E-state index contributed by atoms with van der Waals surface area (Å²) in [6, 6.07) is 4.18. The number of halogens is 1. The zero-order valence-corrected chi connectivity index (χ0v) is 9.56. The van der Waals surface area contributed by atoms with Crippen LogP contribution in [0.1, 0.15) is 29.5 Å². The molecule has 0 saturated carbocycles. The Morgan fingerprint density at radius 2 is 2.29 bits per heavy atom. The van der Waals surface area contributed by atoms with Crippen molar-refractivity contribution in [3.05, 3.63) is 47.8 Å². The Morgan fingerprint density at radius 3 is 3.00 bits per heavy atom. The molecule has 0 atom stereocenters. The largest absolute Gasteiger partial charge is 0.303 e. The molecule has 0 spiro atoms. The van der Waals surface area contributed by atoms with Gasteiger partial charge in [0.1, 0.15) is 11.6 Å². The third-order valence-electron chi connectivity index (χ3n) is 2.57. The van der Waals surface area contributed by atoms with Gasteiger partial charge in [-0.1, -0.05) is 6.92 Å². The number of carbonyl (C=O) groups is 1. The number of nitrogens with zero attached hydrogens (tertiary/aromatic N) is 2. The lowest BCUT2D eigenvalue weighted by Gasteiger charge is -2.09. The van der Waals surface area contributed by atoms with Crippen LogP contribution in [0.2, 0.25) is 0 Å². The van der Waals surface area contributed by atoms with Gasteiger partial charge < -0.3 is 4.57 Å². The van der Waals surface area contributed by atoms with Crippen molar-refractivity contribution in [3.63, 3.8) is 0 Å². The standard InChI is InChI=1S/C13H13FN2O/c1-2-3-13-15-6-7-16(13)12-5-4-11(14)8-10(12)9-17/h4-9H,2-3H2,1H3. The summed E-state index contributed by atoms with van der Waals surface area (Å²) in [4.78, 5) is 15.2. The second-order valence-electron chi connectivity index (χ2n) is 3.78. The molecule has 0 fully saturated rings. The minimum absolute atomic E-state index is 0.334. The van der Waals surface area contributed by atoms with Crippen LogP contribution in [0.3, 0.4) is 0 Å². The Morgan fingerprint density at radius 1 is 1.47 bits per heavy atom. The normalized spacial score (nSPS) is 10.5. The van der Waals surface area contributed by atoms with E-state index >= 15 is 0 Å². The lowest BCUT2D eigenvalue weighted by atomic mass is 10.2. The average molecular weight is 232 g/mol. The molecule has 2 rings (SSSR count). The summed E-state index contributed by atoms with van der Waals surface area (Å²) in [7, 11) is 0. The van der Waals surface area contributed by atoms with Gasteiger partial charge in [0.2, 0.25) is 0 Å². The SMILES string of the molecule is CCCc1nccn1-c1ccc(F)cc1C=O. The van der Waals surface area contributed by atoms with Gasteiger partial charge in [0.25, 0.3) is 0 Å². The molecule has 0 aliphatic heterocycles. The summed E-state index contributed by atoms with van der Waals surface area (Å²) < 4.78 is 14.9. The number of rotatable bonds is 4. The molecule has 0 aliphatic carbocycles. The highest BCUT2D eigenvalue weighted by atomic mass is 19.1. The summed E-state index contributed by atoms with van der Waals surface area (Å²) in [5, 5.41) is 0. The first-order valence-electron chi connectivity index (χ1n) is 5.53. The summed E-state index contributed by atoms with van der Waals surface area (Å²) in [5.41, 5.74) is 1.00. The number of aldehydes is 1. The van der Waals surface area contributed by atoms with Gasteiger partial charge in [-0.05, 0) is 24.6 Å². The van der Waals surface area contributed by atoms with Gasteiger partial charge in [-0.15, -0.1) is 0 Å². The number of hydrogen-bond acceptors (Lipinski definition) is 2. The van der Waals surface area contributed by atoms with E-state index in [0.717, 1.165) is 18.7 Å². The summed E-state index contributed by atoms with van der Waals surface area (Å²) >= 11 is 0. The Balaban J connectivity index is 2.52. The molecule has 0 N–H and O–H groups in total. The smallest absolute Gasteiger partial charge is 0.152 e. The second-order valence-corrected chi connectivity index (χ2v) is 3.78. The average Bonchev–Trinajstić information content (AvgIpc) is 2.77. The van der Waals surface area contributed by atoms with Gasteiger partial charge in [-0.3, -0.25) is 4.79 Å². The Kier molecular flexibility index (Phi) is 3.32. The molecule has 0 aliphatic rings. The van der Waals surface area contributed by atoms with E-state index < -0.39 is 5.82 Å². The van der Waals surface area contributed by atoms with Crippen LogP contribution in [-0.2, 0) is 6.42 Å². The molecule has 0 saturated heterocycles. The molecular formula is C13H13FN2O. The molecule has 0 radical (unpaired) electrons. The quantitative estimate of drug-likeness (QED) is 0.760. The molecule has 0 bridgehead atoms. The van der Waals surface area contributed by atoms with Gasteiger partial charge >= 0.3 is 0 Å². The lowest BCUT2D eigenvalue weighted by molar-refractivity contribution is 0.112. The van der Waals surface area contributed by atoms with Crippen LogP contribution in [0.5, 0.6) is 0 Å². The van der Waals surface area contributed by atoms with Crippen LogP contribution < -0.4 is 0 Å². The third-order valence-corrected chi connectivity index (χ3v) is 2.57. The summed E-state index contributed by atoms with van der Waals surface area (Å²) in [6.45, 7) is 2.06. The topological polar surface area (TPSA) is 34.9 Å². The van der Waals surface area contributed by atoms with Crippen molar-refractivity contribution in [1.82, 2.24) is 9.55 Å². The van der Waals surface area contributed by atoms with E-state index in [4.69, 9.17) is 0 Å². The Bertz CT molecular complexity index is 534. The second kappa shape index (κ2) is 4.91. The highest BCUT2D eigenvalue weighted by Gasteiger charge is 2.09. The molecule has 0 amide bonds. The fourth-order valence-electron chi connectivity index (χ4n) is 1.80. The fourth-order valence-corrected chi connectivity index (χ4v) is 1.80. The van der Waals surface area contributed by atoms with Crippen LogP contribution in [-0.4, -0.2) is 15.8 Å². The van der Waals surface area contributed by atoms with Crippen molar-refractivity contribution in [2.24, 2.45) is 0 Å². The molecule has 0 unspecified atom stereocenters. The zero-order chi connectivity index (χ0) is 12.3. The molecule has 1 aromatic heterocycles. The van der Waals surface area contributed by atoms with E-state index in [1.807, 2.05) is 4.57 Å². The van der Waals surface area contributed by atoms with E-state index in [1.54, 1.807) is 18.5 Å². The van der Waals surface area contributed by atoms with Crippen LogP contribution >= 0.6 is 0 Å². The molecule has 1 aromatic carbocycles. The van der Waals surface area contributed by atoms with Crippen molar-refractivity contribution in [3.8, 4) is 5.69 Å². The number of hydrogen-bond donors (Lipinski definition) is 0. The van der Waals surface area contributed by atoms with Gasteiger partial charge in [0, 0.05) is 24.4 Å². The molecular weight excluding hydrogens is 219 g/mol. The van der Waals surface area contributed by atoms with E-state index in [9.17, 15) is 9.18 Å². The van der Waals surface area contributed by atoms with E-state index in [-0.39, 0.29) is 0 Å². The number of aromatic nitrogens is 2. The first-order valence-corrected chi connectivity index (χ1v) is 5.53. The maximum absolute atomic E-state index is 13.0. The van der Waals surface area contributed by atoms with Crippen LogP contribution in [0, 0.1) is 5.82 Å². The number of benzene rings is 1. The summed E-state index contributed by atoms with van der Waals surface area (Å²) in [5.74, 6) is 0.468. The third kappa shape index (κ3) is 2.25. The predicted octanol–water partition coefficient (Wildman–Crippen LogP) is 2.78. The summed E-state index contributed by atoms with van der Waals surface area (Å²) in [6.07, 6.45) is 5.92. The van der Waals surface area contributed by atoms with E-state index in [2.05, 4.69) is 11.9 Å². The Labute approximate surface area is 98.9 Å². The van der Waals surface area contributed by atoms with Crippen molar-refractivity contribution < 1.29 is 9.18 Å². The van der Waals surface area contributed by atoms with Crippen molar-refractivity contribution in [1.29, 1.82) is 0 Å². The molecule has 17 heavy (non-hydrogen) atoms. The predicted molar refractivity (Wildman–Crippen MR) is 62.9 cm³/mol. The van der Waals surface area contributed by atoms with E-state index in [0.29, 0.717) is 17.5 Å². The van der Waals surface area contributed by atoms with Crippen molar-refractivity contribution >= 4 is 6.29 Å². The van der Waals surface area contributed by atoms with Crippen LogP contribution in [0.25, 0.3) is 5.69 Å². The molecule has 4 heteroatoms. The van der Waals surface area contributed by atoms with Gasteiger partial charge in [0.05, 0.1) is 5.69 Å². The molecule has 88 valence electrons. The van der Waals surface area contributed by atoms with Gasteiger partial charge in [0.15, 0.2) is 6.29 Å². The number of imidazole rings is 1. The maximum Gasteiger partial charge on any atom is 0.152 e. The first-order chi connectivity index (χ1) is 8.26. The number of aryl methyl sites for hydroxylation is 1. The maximum atomic E-state index is 13.0. The van der Waals surface area contributed by atoms with Gasteiger partial charge in [-0.25, -0.2) is 9.37 Å². The monoisotopic (exact) mass is 232 g/mol. The molecule has 3 nitrogen and oxygen atoms in total. The van der Waals surface area contributed by atoms with E-state index in [1.165, 1.54) is 12.1 Å². The highest BCUT2D eigenvalue weighted by Crippen LogP contribution is 2.17. The number of carbonyl (C=O) groups excluding carboxylic acids is 1. The minimum atomic E-state index is -0.409. The zero-order valence-electron chi connectivity index (χ0n) is 9.56. The van der Waals surface area contributed by atoms with Crippen LogP contribution in [0.15, 0.2) is 30.6 Å². The fraction of sp³-hybridized carbons (Fsp3) is 0.231. The van der Waals surface area contributed by atoms with Crippen molar-refractivity contribution in [2.75, 3.05) is 0 Å². The highest BCUT2D eigenvalue weighted by molar-refractivity contribution is 5.80. The van der Waals surface area contributed by atoms with Crippen LogP contribution in [0.4, 0.5) is 4.39 Å². The van der Waals surface area contributed by atoms with Gasteiger partial charge in [-0.2, -0.15) is 0 Å².